The number of rotatable bonds is 18. The van der Waals surface area contributed by atoms with Gasteiger partial charge in [0.1, 0.15) is 35.3 Å². The van der Waals surface area contributed by atoms with Crippen molar-refractivity contribution in [1.29, 1.82) is 0 Å². The minimum Gasteiger partial charge on any atom is -0.508 e. The topological polar surface area (TPSA) is 125 Å². The number of hydrogen-bond donors (Lipinski definition) is 5. The number of hydrogen-bond acceptors (Lipinski definition) is 7. The predicted molar refractivity (Wildman–Crippen MR) is 245 cm³/mol. The molecule has 5 aromatic rings. The molecule has 2 unspecified atom stereocenters. The van der Waals surface area contributed by atoms with Gasteiger partial charge < -0.3 is 40.0 Å². The van der Waals surface area contributed by atoms with Crippen LogP contribution in [-0.2, 0) is 26.2 Å². The van der Waals surface area contributed by atoms with Crippen molar-refractivity contribution >= 4 is 16.8 Å². The molecular weight excluding hydrogens is 739 g/mol. The number of aromatic nitrogens is 1. The minimum atomic E-state index is -0.233. The summed E-state index contributed by atoms with van der Waals surface area (Å²) in [6.07, 6.45) is 4.06. The molecule has 0 aliphatic rings. The van der Waals surface area contributed by atoms with E-state index in [1.807, 2.05) is 82.3 Å². The summed E-state index contributed by atoms with van der Waals surface area (Å²) in [6.45, 7) is 22.3. The largest absolute Gasteiger partial charge is 0.508 e. The third-order valence-corrected chi connectivity index (χ3v) is 9.09. The number of H-pyrrole nitrogens is 1. The molecule has 9 heteroatoms. The number of unbranched alkanes of at least 4 members (excludes halogenated alkanes) is 1. The number of fused-ring (bicyclic) bond motifs is 1. The van der Waals surface area contributed by atoms with Gasteiger partial charge in [-0.25, -0.2) is 0 Å². The number of ether oxygens (including phenoxy) is 3. The van der Waals surface area contributed by atoms with Gasteiger partial charge in [-0.05, 0) is 78.1 Å². The summed E-state index contributed by atoms with van der Waals surface area (Å²) in [5.41, 5.74) is 6.48. The fraction of sp³-hybridized carbons (Fsp3) is 0.460. The monoisotopic (exact) mass is 812 g/mol. The van der Waals surface area contributed by atoms with Crippen molar-refractivity contribution in [1.82, 2.24) is 15.6 Å². The summed E-state index contributed by atoms with van der Waals surface area (Å²) in [5.74, 6) is 1.91. The number of nitrogens with one attached hydrogen (secondary N) is 3. The van der Waals surface area contributed by atoms with Crippen molar-refractivity contribution in [2.24, 2.45) is 5.41 Å². The van der Waals surface area contributed by atoms with Gasteiger partial charge in [-0.1, -0.05) is 118 Å². The third kappa shape index (κ3) is 17.0. The highest BCUT2D eigenvalue weighted by Crippen LogP contribution is 2.35. The quantitative estimate of drug-likeness (QED) is 0.0597. The lowest BCUT2D eigenvalue weighted by atomic mass is 9.91. The van der Waals surface area contributed by atoms with Gasteiger partial charge in [0.25, 0.3) is 5.91 Å². The van der Waals surface area contributed by atoms with Gasteiger partial charge in [-0.2, -0.15) is 0 Å². The third-order valence-electron chi connectivity index (χ3n) is 9.09. The summed E-state index contributed by atoms with van der Waals surface area (Å²) >= 11 is 0. The predicted octanol–water partition coefficient (Wildman–Crippen LogP) is 11.5. The maximum absolute atomic E-state index is 13.3. The second kappa shape index (κ2) is 26.2. The van der Waals surface area contributed by atoms with E-state index in [-0.39, 0.29) is 36.8 Å². The van der Waals surface area contributed by atoms with Crippen molar-refractivity contribution < 1.29 is 29.2 Å². The Bertz CT molecular complexity index is 1920. The molecule has 2 atom stereocenters. The highest BCUT2D eigenvalue weighted by Gasteiger charge is 2.18. The summed E-state index contributed by atoms with van der Waals surface area (Å²) in [7, 11) is 3.17. The molecule has 324 valence electrons. The van der Waals surface area contributed by atoms with E-state index in [4.69, 9.17) is 14.2 Å². The molecular formula is C50H73N3O6. The summed E-state index contributed by atoms with van der Waals surface area (Å²) in [4.78, 5) is 16.5. The van der Waals surface area contributed by atoms with Crippen LogP contribution in [-0.4, -0.2) is 47.9 Å². The van der Waals surface area contributed by atoms with E-state index in [9.17, 15) is 15.0 Å². The number of amides is 1. The Morgan fingerprint density at radius 1 is 0.847 bits per heavy atom. The average molecular weight is 812 g/mol. The molecule has 0 bridgehead atoms. The van der Waals surface area contributed by atoms with Crippen LogP contribution < -0.4 is 24.8 Å². The van der Waals surface area contributed by atoms with E-state index in [0.29, 0.717) is 46.1 Å². The first-order valence-corrected chi connectivity index (χ1v) is 21.3. The molecule has 1 amide bonds. The van der Waals surface area contributed by atoms with Gasteiger partial charge in [0.15, 0.2) is 0 Å². The van der Waals surface area contributed by atoms with Crippen LogP contribution >= 0.6 is 0 Å². The first kappa shape index (κ1) is 50.2. The van der Waals surface area contributed by atoms with E-state index in [1.165, 1.54) is 5.56 Å². The summed E-state index contributed by atoms with van der Waals surface area (Å²) in [5, 5.41) is 27.4. The molecule has 9 nitrogen and oxygen atoms in total. The van der Waals surface area contributed by atoms with E-state index < -0.39 is 0 Å². The number of aliphatic hydroxyl groups excluding tert-OH is 1. The molecule has 5 N–H and O–H groups in total. The summed E-state index contributed by atoms with van der Waals surface area (Å²) < 4.78 is 17.3. The Labute approximate surface area is 354 Å². The normalized spacial score (nSPS) is 11.7. The zero-order chi connectivity index (χ0) is 44.0. The van der Waals surface area contributed by atoms with Crippen molar-refractivity contribution in [2.45, 2.75) is 127 Å². The van der Waals surface area contributed by atoms with Crippen LogP contribution in [0.1, 0.15) is 133 Å². The van der Waals surface area contributed by atoms with Gasteiger partial charge >= 0.3 is 0 Å². The van der Waals surface area contributed by atoms with Crippen LogP contribution in [0.4, 0.5) is 0 Å². The SMILES string of the molecule is CC.CC.CC(C)(C)C.CCCCC(CNC(C)Cc1ccc2[nH]c(C(=O)NCc3c(OC)cc(OCc4ccccc4)cc3OC)cc2c1)c1ccc(O)c(CO)c1. The highest BCUT2D eigenvalue weighted by atomic mass is 16.5. The van der Waals surface area contributed by atoms with Crippen molar-refractivity contribution in [3.63, 3.8) is 0 Å². The fourth-order valence-corrected chi connectivity index (χ4v) is 6.25. The molecule has 0 saturated carbocycles. The van der Waals surface area contributed by atoms with Gasteiger partial charge in [-0.3, -0.25) is 4.79 Å². The van der Waals surface area contributed by atoms with Crippen molar-refractivity contribution in [2.75, 3.05) is 20.8 Å². The molecule has 0 aliphatic carbocycles. The number of aromatic hydroxyl groups is 1. The fourth-order valence-electron chi connectivity index (χ4n) is 6.25. The van der Waals surface area contributed by atoms with E-state index in [0.717, 1.165) is 54.3 Å². The Hall–Kier alpha value is -4.99. The van der Waals surface area contributed by atoms with Gasteiger partial charge in [0.05, 0.1) is 32.9 Å². The Morgan fingerprint density at radius 2 is 1.49 bits per heavy atom. The number of aromatic amines is 1. The van der Waals surface area contributed by atoms with Crippen LogP contribution in [0.5, 0.6) is 23.0 Å². The average Bonchev–Trinajstić information content (AvgIpc) is 3.67. The highest BCUT2D eigenvalue weighted by molar-refractivity contribution is 5.98. The van der Waals surface area contributed by atoms with Crippen LogP contribution in [0.15, 0.2) is 84.9 Å². The lowest BCUT2D eigenvalue weighted by Crippen LogP contribution is -2.32. The lowest BCUT2D eigenvalue weighted by Gasteiger charge is -2.22. The number of methoxy groups -OCH3 is 2. The molecule has 0 radical (unpaired) electrons. The van der Waals surface area contributed by atoms with Crippen molar-refractivity contribution in [3.05, 3.63) is 118 Å². The molecule has 1 aromatic heterocycles. The second-order valence-corrected chi connectivity index (χ2v) is 15.8. The number of carbonyl (C=O) groups is 1. The van der Waals surface area contributed by atoms with Crippen LogP contribution in [0.3, 0.4) is 0 Å². The van der Waals surface area contributed by atoms with Gasteiger partial charge in [0.2, 0.25) is 0 Å². The molecule has 1 heterocycles. The maximum atomic E-state index is 13.3. The van der Waals surface area contributed by atoms with Gasteiger partial charge in [0, 0.05) is 41.2 Å². The second-order valence-electron chi connectivity index (χ2n) is 15.8. The molecule has 4 aromatic carbocycles. The van der Waals surface area contributed by atoms with Crippen molar-refractivity contribution in [3.8, 4) is 23.0 Å². The maximum Gasteiger partial charge on any atom is 0.268 e. The smallest absolute Gasteiger partial charge is 0.268 e. The van der Waals surface area contributed by atoms with E-state index in [2.05, 4.69) is 69.3 Å². The molecule has 59 heavy (non-hydrogen) atoms. The standard InChI is InChI=1S/C41H49N3O6.C5H12.2C2H6/c1-5-6-12-31(30-14-16-38(46)33(19-30)25-45)23-42-27(2)17-29-13-15-36-32(18-29)20-37(44-36)41(47)43-24-35-39(48-3)21-34(22-40(35)49-4)50-26-28-10-8-7-9-11-28;1-5(2,3)4;2*1-2/h7-11,13-16,18-22,27,31,42,44-46H,5-6,12,17,23-26H2,1-4H3,(H,43,47);1-4H3;2*1-2H3. The number of aliphatic hydroxyl groups is 1. The minimum absolute atomic E-state index is 0.128. The Kier molecular flexibility index (Phi) is 22.3. The molecule has 0 aliphatic heterocycles. The summed E-state index contributed by atoms with van der Waals surface area (Å²) in [6, 6.07) is 27.4. The number of carbonyl (C=O) groups excluding carboxylic acids is 1. The number of benzene rings is 4. The zero-order valence-electron chi connectivity index (χ0n) is 37.9. The molecule has 0 fully saturated rings. The van der Waals surface area contributed by atoms with Gasteiger partial charge in [-0.15, -0.1) is 0 Å². The first-order valence-electron chi connectivity index (χ1n) is 21.3. The van der Waals surface area contributed by atoms with Crippen LogP contribution in [0.25, 0.3) is 10.9 Å². The Balaban J connectivity index is 0.00000122. The zero-order valence-corrected chi connectivity index (χ0v) is 37.9. The van der Waals surface area contributed by atoms with E-state index >= 15 is 0 Å². The molecule has 0 saturated heterocycles. The van der Waals surface area contributed by atoms with Crippen LogP contribution in [0.2, 0.25) is 0 Å². The molecule has 5 rings (SSSR count). The molecule has 0 spiro atoms. The van der Waals surface area contributed by atoms with Crippen LogP contribution in [0, 0.1) is 5.41 Å². The lowest BCUT2D eigenvalue weighted by molar-refractivity contribution is 0.0946. The Morgan fingerprint density at radius 3 is 2.08 bits per heavy atom. The van der Waals surface area contributed by atoms with E-state index in [1.54, 1.807) is 32.4 Å². The number of phenols is 1. The first-order chi connectivity index (χ1) is 28.3.